The van der Waals surface area contributed by atoms with Crippen molar-refractivity contribution in [2.45, 2.75) is 34.6 Å². The Kier molecular flexibility index (Phi) is 1.59. The van der Waals surface area contributed by atoms with E-state index in [0.29, 0.717) is 10.8 Å². The summed E-state index contributed by atoms with van der Waals surface area (Å²) in [5.41, 5.74) is 2.38. The topological polar surface area (TPSA) is 0 Å². The molecule has 0 spiro atoms. The summed E-state index contributed by atoms with van der Waals surface area (Å²) in [5, 5.41) is 0. The van der Waals surface area contributed by atoms with Crippen molar-refractivity contribution in [3.8, 4) is 0 Å². The molecule has 0 heterocycles. The fourth-order valence-electron chi connectivity index (χ4n) is 3.42. The van der Waals surface area contributed by atoms with Crippen LogP contribution in [0.1, 0.15) is 34.6 Å². The Morgan fingerprint density at radius 1 is 1.31 bits per heavy atom. The second kappa shape index (κ2) is 2.29. The summed E-state index contributed by atoms with van der Waals surface area (Å²) in [6.45, 7) is 11.7. The van der Waals surface area contributed by atoms with Crippen LogP contribution >= 0.6 is 0 Å². The summed E-state index contributed by atoms with van der Waals surface area (Å²) in [4.78, 5) is 0. The Balaban J connectivity index is 2.40. The van der Waals surface area contributed by atoms with E-state index in [4.69, 9.17) is 0 Å². The van der Waals surface area contributed by atoms with Crippen molar-refractivity contribution in [1.82, 2.24) is 0 Å². The Hall–Kier alpha value is -0.520. The van der Waals surface area contributed by atoms with Gasteiger partial charge in [0.05, 0.1) is 0 Å². The number of rotatable bonds is 1. The molecule has 0 aliphatic heterocycles. The first kappa shape index (κ1) is 9.05. The van der Waals surface area contributed by atoms with E-state index in [1.165, 1.54) is 5.57 Å². The predicted molar refractivity (Wildman–Crippen MR) is 57.4 cm³/mol. The third kappa shape index (κ3) is 0.868. The van der Waals surface area contributed by atoms with Crippen LogP contribution < -0.4 is 0 Å². The first-order chi connectivity index (χ1) is 5.93. The van der Waals surface area contributed by atoms with Gasteiger partial charge in [-0.05, 0) is 24.2 Å². The molecule has 2 rings (SSSR count). The summed E-state index contributed by atoms with van der Waals surface area (Å²) >= 11 is 0. The lowest BCUT2D eigenvalue weighted by atomic mass is 9.82. The maximum atomic E-state index is 2.46. The lowest BCUT2D eigenvalue weighted by Gasteiger charge is -2.22. The van der Waals surface area contributed by atoms with E-state index < -0.39 is 0 Å². The summed E-state index contributed by atoms with van der Waals surface area (Å²) in [5.74, 6) is 1.54. The minimum Gasteiger partial charge on any atom is -0.0770 e. The summed E-state index contributed by atoms with van der Waals surface area (Å²) in [6.07, 6.45) is 7.21. The highest BCUT2D eigenvalue weighted by molar-refractivity contribution is 5.40. The summed E-state index contributed by atoms with van der Waals surface area (Å²) < 4.78 is 0. The van der Waals surface area contributed by atoms with Crippen LogP contribution in [0.15, 0.2) is 23.8 Å². The molecule has 0 radical (unpaired) electrons. The summed E-state index contributed by atoms with van der Waals surface area (Å²) in [7, 11) is 0. The van der Waals surface area contributed by atoms with Gasteiger partial charge < -0.3 is 0 Å². The molecule has 2 aliphatic carbocycles. The van der Waals surface area contributed by atoms with Crippen LogP contribution in [0, 0.1) is 22.7 Å². The molecule has 2 aliphatic rings. The van der Waals surface area contributed by atoms with Crippen LogP contribution in [0.3, 0.4) is 0 Å². The van der Waals surface area contributed by atoms with E-state index in [9.17, 15) is 0 Å². The largest absolute Gasteiger partial charge is 0.0770 e. The van der Waals surface area contributed by atoms with Gasteiger partial charge in [0.25, 0.3) is 0 Å². The van der Waals surface area contributed by atoms with Crippen molar-refractivity contribution in [2.24, 2.45) is 22.7 Å². The lowest BCUT2D eigenvalue weighted by Crippen LogP contribution is -2.14. The minimum absolute atomic E-state index is 0.465. The van der Waals surface area contributed by atoms with Gasteiger partial charge in [-0.25, -0.2) is 0 Å². The molecule has 0 saturated heterocycles. The van der Waals surface area contributed by atoms with E-state index in [1.54, 1.807) is 0 Å². The highest BCUT2D eigenvalue weighted by Gasteiger charge is 2.69. The lowest BCUT2D eigenvalue weighted by molar-refractivity contribution is 0.349. The zero-order valence-corrected chi connectivity index (χ0v) is 9.39. The third-order valence-electron chi connectivity index (χ3n) is 4.33. The molecule has 2 atom stereocenters. The molecule has 0 heteroatoms. The molecule has 2 unspecified atom stereocenters. The van der Waals surface area contributed by atoms with Crippen LogP contribution in [0.25, 0.3) is 0 Å². The van der Waals surface area contributed by atoms with E-state index in [0.717, 1.165) is 11.8 Å². The monoisotopic (exact) mass is 176 g/mol. The number of hydrogen-bond donors (Lipinski definition) is 0. The van der Waals surface area contributed by atoms with Gasteiger partial charge in [0, 0.05) is 5.41 Å². The van der Waals surface area contributed by atoms with Crippen molar-refractivity contribution in [2.75, 3.05) is 0 Å². The Bertz CT molecular complexity index is 291. The number of fused-ring (bicyclic) bond motifs is 1. The average Bonchev–Trinajstić information content (AvgIpc) is 2.50. The molecule has 13 heavy (non-hydrogen) atoms. The van der Waals surface area contributed by atoms with Gasteiger partial charge in [-0.1, -0.05) is 51.5 Å². The van der Waals surface area contributed by atoms with Gasteiger partial charge in [-0.15, -0.1) is 0 Å². The van der Waals surface area contributed by atoms with Crippen LogP contribution in [0.2, 0.25) is 0 Å². The molecule has 0 N–H and O–H groups in total. The van der Waals surface area contributed by atoms with Crippen molar-refractivity contribution < 1.29 is 0 Å². The first-order valence-corrected chi connectivity index (χ1v) is 5.30. The van der Waals surface area contributed by atoms with Crippen LogP contribution in [0.5, 0.6) is 0 Å². The van der Waals surface area contributed by atoms with Gasteiger partial charge in [-0.2, -0.15) is 0 Å². The fourth-order valence-corrected chi connectivity index (χ4v) is 3.42. The SMILES string of the molecule is CC1=CC2C(C)(C)C2(C(C)C)C=C1. The molecule has 0 bridgehead atoms. The van der Waals surface area contributed by atoms with Crippen LogP contribution in [-0.4, -0.2) is 0 Å². The first-order valence-electron chi connectivity index (χ1n) is 5.30. The van der Waals surface area contributed by atoms with Gasteiger partial charge in [-0.3, -0.25) is 0 Å². The minimum atomic E-state index is 0.465. The normalized spacial score (nSPS) is 40.2. The Labute approximate surface area is 81.7 Å². The smallest absolute Gasteiger partial charge is 0.00333 e. The molecule has 72 valence electrons. The van der Waals surface area contributed by atoms with Crippen molar-refractivity contribution in [3.63, 3.8) is 0 Å². The van der Waals surface area contributed by atoms with Gasteiger partial charge >= 0.3 is 0 Å². The second-order valence-electron chi connectivity index (χ2n) is 5.53. The quantitative estimate of drug-likeness (QED) is 0.570. The summed E-state index contributed by atoms with van der Waals surface area (Å²) in [6, 6.07) is 0. The van der Waals surface area contributed by atoms with E-state index in [-0.39, 0.29) is 0 Å². The molecular weight excluding hydrogens is 156 g/mol. The zero-order chi connectivity index (χ0) is 9.85. The molecule has 1 saturated carbocycles. The maximum absolute atomic E-state index is 2.46. The molecular formula is C13H20. The molecule has 1 fully saturated rings. The number of hydrogen-bond acceptors (Lipinski definition) is 0. The third-order valence-corrected chi connectivity index (χ3v) is 4.33. The highest BCUT2D eigenvalue weighted by atomic mass is 14.7. The molecule has 0 aromatic heterocycles. The maximum Gasteiger partial charge on any atom is 0.00333 e. The van der Waals surface area contributed by atoms with E-state index >= 15 is 0 Å². The van der Waals surface area contributed by atoms with Crippen LogP contribution in [-0.2, 0) is 0 Å². The zero-order valence-electron chi connectivity index (χ0n) is 9.39. The fraction of sp³-hybridized carbons (Fsp3) is 0.692. The second-order valence-corrected chi connectivity index (χ2v) is 5.53. The van der Waals surface area contributed by atoms with Gasteiger partial charge in [0.15, 0.2) is 0 Å². The van der Waals surface area contributed by atoms with Crippen LogP contribution in [0.4, 0.5) is 0 Å². The van der Waals surface area contributed by atoms with E-state index in [1.807, 2.05) is 0 Å². The molecule has 0 aromatic carbocycles. The van der Waals surface area contributed by atoms with Crippen molar-refractivity contribution in [3.05, 3.63) is 23.8 Å². The Morgan fingerprint density at radius 2 is 1.92 bits per heavy atom. The predicted octanol–water partition coefficient (Wildman–Crippen LogP) is 3.80. The Morgan fingerprint density at radius 3 is 2.38 bits per heavy atom. The van der Waals surface area contributed by atoms with Crippen molar-refractivity contribution in [1.29, 1.82) is 0 Å². The molecule has 0 aromatic rings. The standard InChI is InChI=1S/C13H20/c1-9(2)13-7-6-10(3)8-11(13)12(13,4)5/h6-9,11H,1-5H3. The highest BCUT2D eigenvalue weighted by Crippen LogP contribution is 2.75. The van der Waals surface area contributed by atoms with Gasteiger partial charge in [0.1, 0.15) is 0 Å². The average molecular weight is 176 g/mol. The van der Waals surface area contributed by atoms with Crippen molar-refractivity contribution >= 4 is 0 Å². The van der Waals surface area contributed by atoms with Gasteiger partial charge in [0.2, 0.25) is 0 Å². The molecule has 0 amide bonds. The number of allylic oxidation sites excluding steroid dienone is 4. The molecule has 0 nitrogen and oxygen atoms in total. The van der Waals surface area contributed by atoms with E-state index in [2.05, 4.69) is 52.8 Å².